The van der Waals surface area contributed by atoms with Crippen LogP contribution in [0.3, 0.4) is 0 Å². The molecule has 1 aromatic heterocycles. The van der Waals surface area contributed by atoms with Gasteiger partial charge in [-0.1, -0.05) is 0 Å². The third-order valence-electron chi connectivity index (χ3n) is 3.77. The maximum atomic E-state index is 11.3. The Kier molecular flexibility index (Phi) is 5.49. The minimum Gasteiger partial charge on any atom is -0.465 e. The first-order valence-corrected chi connectivity index (χ1v) is 7.09. The number of aliphatic hydroxyl groups excluding tert-OH is 1. The number of methoxy groups -OCH3 is 1. The van der Waals surface area contributed by atoms with E-state index in [0.717, 1.165) is 31.7 Å². The molecule has 1 aliphatic heterocycles. The van der Waals surface area contributed by atoms with Gasteiger partial charge < -0.3 is 9.84 Å². The molecule has 1 aromatic rings. The Morgan fingerprint density at radius 1 is 1.55 bits per heavy atom. The zero-order valence-electron chi connectivity index (χ0n) is 11.9. The number of hydrogen-bond donors (Lipinski definition) is 1. The molecule has 1 atom stereocenters. The predicted molar refractivity (Wildman–Crippen MR) is 75.3 cm³/mol. The minimum atomic E-state index is -0.356. The molecule has 0 amide bonds. The van der Waals surface area contributed by atoms with Gasteiger partial charge in [0.05, 0.1) is 18.4 Å². The Morgan fingerprint density at radius 3 is 3.05 bits per heavy atom. The van der Waals surface area contributed by atoms with Gasteiger partial charge in [0.15, 0.2) is 0 Å². The summed E-state index contributed by atoms with van der Waals surface area (Å²) in [5.41, 5.74) is 1.44. The van der Waals surface area contributed by atoms with Crippen molar-refractivity contribution in [2.24, 2.45) is 5.92 Å². The van der Waals surface area contributed by atoms with E-state index in [1.54, 1.807) is 12.3 Å². The lowest BCUT2D eigenvalue weighted by Crippen LogP contribution is -2.35. The Morgan fingerprint density at radius 2 is 2.40 bits per heavy atom. The summed E-state index contributed by atoms with van der Waals surface area (Å²) < 4.78 is 4.65. The minimum absolute atomic E-state index is 0.268. The van der Waals surface area contributed by atoms with E-state index in [1.807, 2.05) is 6.07 Å². The van der Waals surface area contributed by atoms with Crippen LogP contribution in [0.1, 0.15) is 35.3 Å². The van der Waals surface area contributed by atoms with Gasteiger partial charge in [0.25, 0.3) is 0 Å². The zero-order valence-corrected chi connectivity index (χ0v) is 11.9. The van der Waals surface area contributed by atoms with Crippen molar-refractivity contribution >= 4 is 5.97 Å². The summed E-state index contributed by atoms with van der Waals surface area (Å²) in [6, 6.07) is 3.63. The largest absolute Gasteiger partial charge is 0.465 e. The van der Waals surface area contributed by atoms with Crippen molar-refractivity contribution in [3.8, 4) is 0 Å². The predicted octanol–water partition coefficient (Wildman–Crippen LogP) is 1.46. The highest BCUT2D eigenvalue weighted by Crippen LogP contribution is 2.20. The topological polar surface area (TPSA) is 62.7 Å². The summed E-state index contributed by atoms with van der Waals surface area (Å²) in [4.78, 5) is 18.0. The van der Waals surface area contributed by atoms with Crippen molar-refractivity contribution < 1.29 is 14.6 Å². The van der Waals surface area contributed by atoms with Crippen molar-refractivity contribution in [3.63, 3.8) is 0 Å². The van der Waals surface area contributed by atoms with Crippen molar-refractivity contribution in [1.82, 2.24) is 9.88 Å². The first-order chi connectivity index (χ1) is 9.72. The van der Waals surface area contributed by atoms with Gasteiger partial charge in [-0.2, -0.15) is 0 Å². The monoisotopic (exact) mass is 278 g/mol. The zero-order chi connectivity index (χ0) is 14.4. The molecule has 0 saturated carbocycles. The maximum Gasteiger partial charge on any atom is 0.339 e. The molecule has 1 fully saturated rings. The normalized spacial score (nSPS) is 19.8. The summed E-state index contributed by atoms with van der Waals surface area (Å²) in [6.45, 7) is 3.15. The van der Waals surface area contributed by atoms with E-state index in [9.17, 15) is 4.79 Å². The van der Waals surface area contributed by atoms with Crippen LogP contribution in [0, 0.1) is 5.92 Å². The summed E-state index contributed by atoms with van der Waals surface area (Å²) in [6.07, 6.45) is 4.82. The van der Waals surface area contributed by atoms with Crippen molar-refractivity contribution in [3.05, 3.63) is 29.6 Å². The van der Waals surface area contributed by atoms with E-state index in [2.05, 4.69) is 14.6 Å². The molecule has 1 unspecified atom stereocenters. The van der Waals surface area contributed by atoms with Crippen LogP contribution in [-0.2, 0) is 11.3 Å². The Labute approximate surface area is 119 Å². The Balaban J connectivity index is 1.91. The average molecular weight is 278 g/mol. The molecule has 1 N–H and O–H groups in total. The van der Waals surface area contributed by atoms with E-state index < -0.39 is 0 Å². The summed E-state index contributed by atoms with van der Waals surface area (Å²) in [7, 11) is 1.37. The molecule has 0 spiro atoms. The number of aliphatic hydroxyl groups is 1. The third kappa shape index (κ3) is 4.02. The number of likely N-dealkylation sites (tertiary alicyclic amines) is 1. The SMILES string of the molecule is COC(=O)c1ccc(CN2CCCC(CCO)C2)nc1. The number of carbonyl (C=O) groups excluding carboxylic acids is 1. The number of carbonyl (C=O) groups is 1. The van der Waals surface area contributed by atoms with Gasteiger partial charge in [-0.15, -0.1) is 0 Å². The van der Waals surface area contributed by atoms with E-state index in [4.69, 9.17) is 5.11 Å². The second kappa shape index (κ2) is 7.36. The maximum absolute atomic E-state index is 11.3. The molecule has 0 bridgehead atoms. The lowest BCUT2D eigenvalue weighted by atomic mass is 9.95. The van der Waals surface area contributed by atoms with Crippen molar-refractivity contribution in [2.75, 3.05) is 26.8 Å². The number of hydrogen-bond acceptors (Lipinski definition) is 5. The van der Waals surface area contributed by atoms with Crippen molar-refractivity contribution in [2.45, 2.75) is 25.8 Å². The number of rotatable bonds is 5. The highest BCUT2D eigenvalue weighted by Gasteiger charge is 2.19. The fourth-order valence-electron chi connectivity index (χ4n) is 2.70. The molecule has 5 nitrogen and oxygen atoms in total. The molecule has 0 aliphatic carbocycles. The fourth-order valence-corrected chi connectivity index (χ4v) is 2.70. The van der Waals surface area contributed by atoms with E-state index >= 15 is 0 Å². The number of ether oxygens (including phenoxy) is 1. The number of pyridine rings is 1. The summed E-state index contributed by atoms with van der Waals surface area (Å²) in [5.74, 6) is 0.230. The number of aromatic nitrogens is 1. The van der Waals surface area contributed by atoms with Crippen LogP contribution < -0.4 is 0 Å². The smallest absolute Gasteiger partial charge is 0.339 e. The van der Waals surface area contributed by atoms with Crippen LogP contribution in [0.2, 0.25) is 0 Å². The highest BCUT2D eigenvalue weighted by atomic mass is 16.5. The fraction of sp³-hybridized carbons (Fsp3) is 0.600. The molecular formula is C15H22N2O3. The van der Waals surface area contributed by atoms with Gasteiger partial charge in [0.2, 0.25) is 0 Å². The van der Waals surface area contributed by atoms with Gasteiger partial charge in [-0.05, 0) is 43.9 Å². The van der Waals surface area contributed by atoms with Crippen molar-refractivity contribution in [1.29, 1.82) is 0 Å². The van der Waals surface area contributed by atoms with Crippen LogP contribution in [0.4, 0.5) is 0 Å². The molecule has 1 saturated heterocycles. The summed E-state index contributed by atoms with van der Waals surface area (Å²) in [5, 5.41) is 9.03. The Bertz CT molecular complexity index is 431. The lowest BCUT2D eigenvalue weighted by molar-refractivity contribution is 0.0600. The van der Waals surface area contributed by atoms with Gasteiger partial charge in [0.1, 0.15) is 0 Å². The first kappa shape index (κ1) is 14.9. The second-order valence-electron chi connectivity index (χ2n) is 5.29. The first-order valence-electron chi connectivity index (χ1n) is 7.09. The van der Waals surface area contributed by atoms with E-state index in [-0.39, 0.29) is 12.6 Å². The van der Waals surface area contributed by atoms with Gasteiger partial charge >= 0.3 is 5.97 Å². The molecule has 1 aliphatic rings. The van der Waals surface area contributed by atoms with Crippen LogP contribution >= 0.6 is 0 Å². The average Bonchev–Trinajstić information content (AvgIpc) is 2.48. The second-order valence-corrected chi connectivity index (χ2v) is 5.29. The molecule has 20 heavy (non-hydrogen) atoms. The van der Waals surface area contributed by atoms with Gasteiger partial charge in [-0.3, -0.25) is 9.88 Å². The molecule has 5 heteroatoms. The molecule has 110 valence electrons. The quantitative estimate of drug-likeness (QED) is 0.826. The number of esters is 1. The molecule has 2 heterocycles. The highest BCUT2D eigenvalue weighted by molar-refractivity contribution is 5.88. The summed E-state index contributed by atoms with van der Waals surface area (Å²) >= 11 is 0. The molecule has 0 aromatic carbocycles. The number of nitrogens with zero attached hydrogens (tertiary/aromatic N) is 2. The molecule has 2 rings (SSSR count). The van der Waals surface area contributed by atoms with Crippen LogP contribution in [0.25, 0.3) is 0 Å². The van der Waals surface area contributed by atoms with Gasteiger partial charge in [0, 0.05) is 25.9 Å². The lowest BCUT2D eigenvalue weighted by Gasteiger charge is -2.32. The van der Waals surface area contributed by atoms with E-state index in [1.165, 1.54) is 20.0 Å². The third-order valence-corrected chi connectivity index (χ3v) is 3.77. The van der Waals surface area contributed by atoms with Crippen LogP contribution in [0.5, 0.6) is 0 Å². The molecular weight excluding hydrogens is 256 g/mol. The number of piperidine rings is 1. The van der Waals surface area contributed by atoms with Gasteiger partial charge in [-0.25, -0.2) is 4.79 Å². The van der Waals surface area contributed by atoms with Crippen LogP contribution in [0.15, 0.2) is 18.3 Å². The Hall–Kier alpha value is -1.46. The van der Waals surface area contributed by atoms with E-state index in [0.29, 0.717) is 11.5 Å². The van der Waals surface area contributed by atoms with Crippen LogP contribution in [-0.4, -0.2) is 47.8 Å². The standard InChI is InChI=1S/C15H22N2O3/c1-20-15(19)13-4-5-14(16-9-13)11-17-7-2-3-12(10-17)6-8-18/h4-5,9,12,18H,2-3,6-8,10-11H2,1H3. The molecule has 0 radical (unpaired) electrons.